The molecule has 2 rings (SSSR count). The minimum atomic E-state index is -0.372. The van der Waals surface area contributed by atoms with Crippen LogP contribution in [-0.2, 0) is 4.79 Å². The maximum absolute atomic E-state index is 11.6. The molecule has 0 saturated carbocycles. The summed E-state index contributed by atoms with van der Waals surface area (Å²) in [6.07, 6.45) is 3.16. The topological polar surface area (TPSA) is 26.3 Å². The Bertz CT molecular complexity index is 539. The van der Waals surface area contributed by atoms with Crippen LogP contribution in [0, 0.1) is 6.92 Å². The van der Waals surface area contributed by atoms with Crippen molar-refractivity contribution in [2.75, 3.05) is 0 Å². The van der Waals surface area contributed by atoms with Crippen molar-refractivity contribution in [1.82, 2.24) is 0 Å². The average molecular weight is 238 g/mol. The molecular formula is C16H14O2. The van der Waals surface area contributed by atoms with Crippen LogP contribution < -0.4 is 4.74 Å². The van der Waals surface area contributed by atoms with Gasteiger partial charge in [-0.05, 0) is 30.7 Å². The van der Waals surface area contributed by atoms with E-state index in [9.17, 15) is 4.79 Å². The molecule has 18 heavy (non-hydrogen) atoms. The summed E-state index contributed by atoms with van der Waals surface area (Å²) in [4.78, 5) is 11.6. The van der Waals surface area contributed by atoms with E-state index in [1.807, 2.05) is 49.4 Å². The zero-order valence-corrected chi connectivity index (χ0v) is 10.2. The molecule has 90 valence electrons. The van der Waals surface area contributed by atoms with Crippen molar-refractivity contribution in [3.8, 4) is 5.75 Å². The lowest BCUT2D eigenvalue weighted by molar-refractivity contribution is -0.128. The van der Waals surface area contributed by atoms with E-state index in [1.165, 1.54) is 6.08 Å². The van der Waals surface area contributed by atoms with Crippen LogP contribution in [-0.4, -0.2) is 5.97 Å². The Kier molecular flexibility index (Phi) is 3.92. The SMILES string of the molecule is Cc1ccc(OC(=O)C=Cc2ccccc2)cc1. The lowest BCUT2D eigenvalue weighted by Crippen LogP contribution is -2.03. The molecule has 0 saturated heterocycles. The first kappa shape index (κ1) is 12.1. The summed E-state index contributed by atoms with van der Waals surface area (Å²) in [5.41, 5.74) is 2.10. The van der Waals surface area contributed by atoms with E-state index in [1.54, 1.807) is 18.2 Å². The van der Waals surface area contributed by atoms with E-state index in [-0.39, 0.29) is 5.97 Å². The number of rotatable bonds is 3. The minimum absolute atomic E-state index is 0.372. The lowest BCUT2D eigenvalue weighted by Gasteiger charge is -2.01. The Morgan fingerprint density at radius 2 is 1.67 bits per heavy atom. The summed E-state index contributed by atoms with van der Waals surface area (Å²) in [6.45, 7) is 1.99. The number of carbonyl (C=O) groups is 1. The third-order valence-electron chi connectivity index (χ3n) is 2.45. The highest BCUT2D eigenvalue weighted by atomic mass is 16.5. The molecule has 0 aromatic heterocycles. The summed E-state index contributed by atoms with van der Waals surface area (Å²) in [6, 6.07) is 17.0. The molecule has 0 heterocycles. The Morgan fingerprint density at radius 1 is 1.00 bits per heavy atom. The predicted octanol–water partition coefficient (Wildman–Crippen LogP) is 3.61. The summed E-state index contributed by atoms with van der Waals surface area (Å²) < 4.78 is 5.17. The molecule has 0 fully saturated rings. The molecule has 0 spiro atoms. The Morgan fingerprint density at radius 3 is 2.33 bits per heavy atom. The fraction of sp³-hybridized carbons (Fsp3) is 0.0625. The van der Waals surface area contributed by atoms with Gasteiger partial charge in [-0.2, -0.15) is 0 Å². The zero-order chi connectivity index (χ0) is 12.8. The second kappa shape index (κ2) is 5.82. The van der Waals surface area contributed by atoms with Crippen molar-refractivity contribution >= 4 is 12.0 Å². The van der Waals surface area contributed by atoms with Crippen LogP contribution in [0.15, 0.2) is 60.7 Å². The number of ether oxygens (including phenoxy) is 1. The van der Waals surface area contributed by atoms with Gasteiger partial charge >= 0.3 is 5.97 Å². The summed E-state index contributed by atoms with van der Waals surface area (Å²) in [7, 11) is 0. The first-order valence-electron chi connectivity index (χ1n) is 5.76. The third kappa shape index (κ3) is 3.59. The maximum Gasteiger partial charge on any atom is 0.336 e. The van der Waals surface area contributed by atoms with Gasteiger partial charge in [0.25, 0.3) is 0 Å². The molecule has 0 aliphatic carbocycles. The summed E-state index contributed by atoms with van der Waals surface area (Å²) in [5, 5.41) is 0. The van der Waals surface area contributed by atoms with Gasteiger partial charge in [0.05, 0.1) is 0 Å². The van der Waals surface area contributed by atoms with Gasteiger partial charge in [0.2, 0.25) is 0 Å². The third-order valence-corrected chi connectivity index (χ3v) is 2.45. The zero-order valence-electron chi connectivity index (χ0n) is 10.2. The number of aryl methyl sites for hydroxylation is 1. The monoisotopic (exact) mass is 238 g/mol. The Labute approximate surface area is 107 Å². The van der Waals surface area contributed by atoms with Crippen LogP contribution in [0.1, 0.15) is 11.1 Å². The molecule has 0 radical (unpaired) electrons. The summed E-state index contributed by atoms with van der Waals surface area (Å²) >= 11 is 0. The van der Waals surface area contributed by atoms with Crippen LogP contribution in [0.2, 0.25) is 0 Å². The van der Waals surface area contributed by atoms with E-state index in [4.69, 9.17) is 4.74 Å². The largest absolute Gasteiger partial charge is 0.423 e. The van der Waals surface area contributed by atoms with Gasteiger partial charge in [-0.1, -0.05) is 48.0 Å². The Balaban J connectivity index is 1.97. The number of hydrogen-bond donors (Lipinski definition) is 0. The van der Waals surface area contributed by atoms with Crippen molar-refractivity contribution < 1.29 is 9.53 Å². The van der Waals surface area contributed by atoms with Gasteiger partial charge in [-0.3, -0.25) is 0 Å². The van der Waals surface area contributed by atoms with Gasteiger partial charge in [0.1, 0.15) is 5.75 Å². The number of benzene rings is 2. The number of esters is 1. The lowest BCUT2D eigenvalue weighted by atomic mass is 10.2. The van der Waals surface area contributed by atoms with E-state index in [0.29, 0.717) is 5.75 Å². The van der Waals surface area contributed by atoms with Crippen molar-refractivity contribution in [1.29, 1.82) is 0 Å². The van der Waals surface area contributed by atoms with E-state index >= 15 is 0 Å². The number of hydrogen-bond acceptors (Lipinski definition) is 2. The van der Waals surface area contributed by atoms with Crippen molar-refractivity contribution in [2.24, 2.45) is 0 Å². The predicted molar refractivity (Wildman–Crippen MR) is 72.3 cm³/mol. The van der Waals surface area contributed by atoms with Crippen LogP contribution in [0.5, 0.6) is 5.75 Å². The van der Waals surface area contributed by atoms with E-state index in [2.05, 4.69) is 0 Å². The van der Waals surface area contributed by atoms with Crippen LogP contribution in [0.3, 0.4) is 0 Å². The molecule has 0 bridgehead atoms. The minimum Gasteiger partial charge on any atom is -0.423 e. The van der Waals surface area contributed by atoms with Gasteiger partial charge in [-0.25, -0.2) is 4.79 Å². The van der Waals surface area contributed by atoms with Gasteiger partial charge in [0.15, 0.2) is 0 Å². The highest BCUT2D eigenvalue weighted by Gasteiger charge is 1.99. The fourth-order valence-corrected chi connectivity index (χ4v) is 1.48. The average Bonchev–Trinajstić information content (AvgIpc) is 2.40. The van der Waals surface area contributed by atoms with Crippen LogP contribution in [0.25, 0.3) is 6.08 Å². The molecule has 0 aliphatic heterocycles. The first-order valence-corrected chi connectivity index (χ1v) is 5.76. The Hall–Kier alpha value is -2.35. The quantitative estimate of drug-likeness (QED) is 0.464. The highest BCUT2D eigenvalue weighted by molar-refractivity contribution is 5.88. The van der Waals surface area contributed by atoms with E-state index in [0.717, 1.165) is 11.1 Å². The molecule has 0 N–H and O–H groups in total. The molecule has 2 heteroatoms. The molecule has 0 aliphatic rings. The van der Waals surface area contributed by atoms with Crippen molar-refractivity contribution in [3.63, 3.8) is 0 Å². The van der Waals surface area contributed by atoms with Crippen LogP contribution in [0.4, 0.5) is 0 Å². The van der Waals surface area contributed by atoms with Gasteiger partial charge < -0.3 is 4.74 Å². The second-order valence-corrected chi connectivity index (χ2v) is 3.98. The molecule has 0 amide bonds. The smallest absolute Gasteiger partial charge is 0.336 e. The van der Waals surface area contributed by atoms with Gasteiger partial charge in [0, 0.05) is 6.08 Å². The maximum atomic E-state index is 11.6. The summed E-state index contributed by atoms with van der Waals surface area (Å²) in [5.74, 6) is 0.186. The molecule has 2 aromatic rings. The van der Waals surface area contributed by atoms with Crippen molar-refractivity contribution in [2.45, 2.75) is 6.92 Å². The molecule has 0 atom stereocenters. The highest BCUT2D eigenvalue weighted by Crippen LogP contribution is 2.12. The number of carbonyl (C=O) groups excluding carboxylic acids is 1. The molecular weight excluding hydrogens is 224 g/mol. The van der Waals surface area contributed by atoms with Gasteiger partial charge in [-0.15, -0.1) is 0 Å². The molecule has 2 aromatic carbocycles. The van der Waals surface area contributed by atoms with E-state index < -0.39 is 0 Å². The second-order valence-electron chi connectivity index (χ2n) is 3.98. The molecule has 0 unspecified atom stereocenters. The standard InChI is InChI=1S/C16H14O2/c1-13-7-10-15(11-8-13)18-16(17)12-9-14-5-3-2-4-6-14/h2-12H,1H3. The normalized spacial score (nSPS) is 10.5. The van der Waals surface area contributed by atoms with Crippen LogP contribution >= 0.6 is 0 Å². The van der Waals surface area contributed by atoms with Crippen molar-refractivity contribution in [3.05, 3.63) is 71.8 Å². The first-order chi connectivity index (χ1) is 8.74. The molecule has 2 nitrogen and oxygen atoms in total. The fourth-order valence-electron chi connectivity index (χ4n) is 1.48.